The fourth-order valence-corrected chi connectivity index (χ4v) is 5.55. The molecule has 0 atom stereocenters. The largest absolute Gasteiger partial charge is 0.492 e. The second-order valence-electron chi connectivity index (χ2n) is 10.1. The Balaban J connectivity index is 1.42. The lowest BCUT2D eigenvalue weighted by Crippen LogP contribution is -2.33. The van der Waals surface area contributed by atoms with Gasteiger partial charge >= 0.3 is 6.09 Å². The number of amides is 1. The molecule has 0 aromatic heterocycles. The lowest BCUT2D eigenvalue weighted by atomic mass is 9.99. The van der Waals surface area contributed by atoms with Crippen LogP contribution < -0.4 is 19.5 Å². The zero-order chi connectivity index (χ0) is 28.8. The van der Waals surface area contributed by atoms with E-state index in [0.29, 0.717) is 23.9 Å². The van der Waals surface area contributed by atoms with E-state index < -0.39 is 15.9 Å². The van der Waals surface area contributed by atoms with Gasteiger partial charge in [0.05, 0.1) is 4.90 Å². The van der Waals surface area contributed by atoms with Gasteiger partial charge in [0.1, 0.15) is 29.6 Å². The van der Waals surface area contributed by atoms with Gasteiger partial charge in [0.25, 0.3) is 0 Å². The molecule has 4 aromatic carbocycles. The molecule has 1 fully saturated rings. The number of sulfone groups is 1. The summed E-state index contributed by atoms with van der Waals surface area (Å²) in [5.74, 6) is 2.40. The van der Waals surface area contributed by atoms with Crippen LogP contribution in [0.4, 0.5) is 4.79 Å². The number of hydrogen-bond donors (Lipinski definition) is 1. The lowest BCUT2D eigenvalue weighted by molar-refractivity contribution is 0.183. The van der Waals surface area contributed by atoms with Gasteiger partial charge in [0, 0.05) is 30.8 Å². The number of piperidine rings is 1. The second-order valence-corrected chi connectivity index (χ2v) is 12.1. The zero-order valence-electron chi connectivity index (χ0n) is 23.3. The Kier molecular flexibility index (Phi) is 8.75. The molecule has 1 saturated heterocycles. The van der Waals surface area contributed by atoms with Gasteiger partial charge in [-0.2, -0.15) is 0 Å². The Labute approximate surface area is 240 Å². The third kappa shape index (κ3) is 7.17. The molecular weight excluding hydrogens is 540 g/mol. The van der Waals surface area contributed by atoms with E-state index in [2.05, 4.69) is 10.2 Å². The van der Waals surface area contributed by atoms with Crippen LogP contribution in [0.25, 0.3) is 21.9 Å². The fraction of sp³-hybridized carbons (Fsp3) is 0.281. The highest BCUT2D eigenvalue weighted by Gasteiger charge is 2.16. The van der Waals surface area contributed by atoms with Crippen molar-refractivity contribution in [1.29, 1.82) is 0 Å². The number of nitrogens with zero attached hydrogens (tertiary/aromatic N) is 1. The third-order valence-corrected chi connectivity index (χ3v) is 8.25. The number of benzene rings is 4. The fourth-order valence-electron chi connectivity index (χ4n) is 4.92. The maximum absolute atomic E-state index is 12.0. The highest BCUT2D eigenvalue weighted by molar-refractivity contribution is 7.90. The summed E-state index contributed by atoms with van der Waals surface area (Å²) in [5.41, 5.74) is 1.59. The summed E-state index contributed by atoms with van der Waals surface area (Å²) >= 11 is 0. The number of hydrogen-bond acceptors (Lipinski definition) is 7. The van der Waals surface area contributed by atoms with E-state index in [1.54, 1.807) is 36.4 Å². The van der Waals surface area contributed by atoms with Gasteiger partial charge in [-0.1, -0.05) is 24.6 Å². The average Bonchev–Trinajstić information content (AvgIpc) is 2.98. The van der Waals surface area contributed by atoms with Crippen molar-refractivity contribution < 1.29 is 27.4 Å². The number of ether oxygens (including phenoxy) is 3. The summed E-state index contributed by atoms with van der Waals surface area (Å²) in [6, 6.07) is 23.4. The summed E-state index contributed by atoms with van der Waals surface area (Å²) < 4.78 is 41.7. The Morgan fingerprint density at radius 2 is 1.54 bits per heavy atom. The molecule has 0 bridgehead atoms. The molecule has 0 unspecified atom stereocenters. The molecule has 4 aromatic rings. The zero-order valence-corrected chi connectivity index (χ0v) is 24.1. The van der Waals surface area contributed by atoms with E-state index in [9.17, 15) is 13.2 Å². The van der Waals surface area contributed by atoms with Gasteiger partial charge in [-0.05, 0) is 97.5 Å². The van der Waals surface area contributed by atoms with E-state index in [1.807, 2.05) is 42.5 Å². The van der Waals surface area contributed by atoms with Crippen molar-refractivity contribution in [3.8, 4) is 34.1 Å². The summed E-state index contributed by atoms with van der Waals surface area (Å²) in [4.78, 5) is 14.4. The minimum Gasteiger partial charge on any atom is -0.492 e. The molecule has 41 heavy (non-hydrogen) atoms. The number of rotatable bonds is 9. The summed E-state index contributed by atoms with van der Waals surface area (Å²) in [7, 11) is -1.82. The minimum absolute atomic E-state index is 0.247. The standard InChI is InChI=1S/C32H34N2O6S/c1-33-32(35)40-27-13-17-30-24(22-27)8-16-29(23-6-14-28(15-7-23)41(2,36)37)31(30)39-26-11-9-25(10-12-26)38-21-20-34-18-4-3-5-19-34/h6-17,22H,3-5,18-21H2,1-2H3,(H,33,35). The molecule has 1 aliphatic heterocycles. The first-order chi connectivity index (χ1) is 19.8. The maximum Gasteiger partial charge on any atom is 0.412 e. The highest BCUT2D eigenvalue weighted by Crippen LogP contribution is 2.41. The number of likely N-dealkylation sites (tertiary alicyclic amines) is 1. The van der Waals surface area contributed by atoms with Crippen LogP contribution in [-0.4, -0.2) is 59.0 Å². The van der Waals surface area contributed by atoms with Crippen LogP contribution in [0.2, 0.25) is 0 Å². The molecule has 1 aliphatic rings. The quantitative estimate of drug-likeness (QED) is 0.251. The summed E-state index contributed by atoms with van der Waals surface area (Å²) in [5, 5.41) is 4.07. The number of fused-ring (bicyclic) bond motifs is 1. The molecule has 1 amide bonds. The van der Waals surface area contributed by atoms with Crippen LogP contribution in [0.3, 0.4) is 0 Å². The Hall–Kier alpha value is -4.08. The van der Waals surface area contributed by atoms with Crippen LogP contribution >= 0.6 is 0 Å². The van der Waals surface area contributed by atoms with Crippen LogP contribution in [-0.2, 0) is 9.84 Å². The molecule has 0 radical (unpaired) electrons. The monoisotopic (exact) mass is 574 g/mol. The van der Waals surface area contributed by atoms with Gasteiger partial charge in [0.2, 0.25) is 0 Å². The van der Waals surface area contributed by atoms with Gasteiger partial charge in [-0.3, -0.25) is 4.90 Å². The van der Waals surface area contributed by atoms with E-state index in [-0.39, 0.29) is 4.90 Å². The van der Waals surface area contributed by atoms with Gasteiger partial charge < -0.3 is 19.5 Å². The highest BCUT2D eigenvalue weighted by atomic mass is 32.2. The molecular formula is C32H34N2O6S. The van der Waals surface area contributed by atoms with Crippen LogP contribution in [0.5, 0.6) is 23.0 Å². The first-order valence-corrected chi connectivity index (χ1v) is 15.6. The van der Waals surface area contributed by atoms with E-state index in [0.717, 1.165) is 47.3 Å². The molecule has 5 rings (SSSR count). The molecule has 9 heteroatoms. The molecule has 1 N–H and O–H groups in total. The minimum atomic E-state index is -3.32. The molecule has 0 saturated carbocycles. The van der Waals surface area contributed by atoms with Gasteiger partial charge in [0.15, 0.2) is 9.84 Å². The SMILES string of the molecule is CNC(=O)Oc1ccc2c(Oc3ccc(OCCN4CCCCC4)cc3)c(-c3ccc(S(C)(=O)=O)cc3)ccc2c1. The second kappa shape index (κ2) is 12.6. The van der Waals surface area contributed by atoms with Crippen LogP contribution in [0.1, 0.15) is 19.3 Å². The smallest absolute Gasteiger partial charge is 0.412 e. The van der Waals surface area contributed by atoms with E-state index >= 15 is 0 Å². The number of carbonyl (C=O) groups is 1. The Bertz CT molecular complexity index is 1610. The van der Waals surface area contributed by atoms with Crippen molar-refractivity contribution in [2.24, 2.45) is 0 Å². The van der Waals surface area contributed by atoms with E-state index in [4.69, 9.17) is 14.2 Å². The number of nitrogens with one attached hydrogen (secondary N) is 1. The normalized spacial score (nSPS) is 14.0. The molecule has 1 heterocycles. The molecule has 0 aliphatic carbocycles. The van der Waals surface area contributed by atoms with Crippen molar-refractivity contribution in [2.45, 2.75) is 24.2 Å². The van der Waals surface area contributed by atoms with Crippen molar-refractivity contribution in [3.63, 3.8) is 0 Å². The topological polar surface area (TPSA) is 94.2 Å². The van der Waals surface area contributed by atoms with E-state index in [1.165, 1.54) is 32.6 Å². The first-order valence-electron chi connectivity index (χ1n) is 13.7. The molecule has 214 valence electrons. The van der Waals surface area contributed by atoms with Gasteiger partial charge in [-0.25, -0.2) is 13.2 Å². The average molecular weight is 575 g/mol. The van der Waals surface area contributed by atoms with Gasteiger partial charge in [-0.15, -0.1) is 0 Å². The molecule has 8 nitrogen and oxygen atoms in total. The summed E-state index contributed by atoms with van der Waals surface area (Å²) in [6.45, 7) is 3.83. The first kappa shape index (κ1) is 28.4. The van der Waals surface area contributed by atoms with Crippen molar-refractivity contribution in [1.82, 2.24) is 10.2 Å². The lowest BCUT2D eigenvalue weighted by Gasteiger charge is -2.26. The van der Waals surface area contributed by atoms with Crippen molar-refractivity contribution in [2.75, 3.05) is 39.5 Å². The predicted octanol–water partition coefficient (Wildman–Crippen LogP) is 6.29. The predicted molar refractivity (Wildman–Crippen MR) is 160 cm³/mol. The van der Waals surface area contributed by atoms with Crippen molar-refractivity contribution >= 4 is 26.7 Å². The molecule has 0 spiro atoms. The summed E-state index contributed by atoms with van der Waals surface area (Å²) in [6.07, 6.45) is 4.46. The maximum atomic E-state index is 12.0. The number of carbonyl (C=O) groups excluding carboxylic acids is 1. The van der Waals surface area contributed by atoms with Crippen LogP contribution in [0, 0.1) is 0 Å². The van der Waals surface area contributed by atoms with Crippen molar-refractivity contribution in [3.05, 3.63) is 78.9 Å². The Morgan fingerprint density at radius 3 is 2.22 bits per heavy atom. The van der Waals surface area contributed by atoms with Crippen LogP contribution in [0.15, 0.2) is 83.8 Å². The Morgan fingerprint density at radius 1 is 0.854 bits per heavy atom. The third-order valence-electron chi connectivity index (χ3n) is 7.12.